The second-order valence-corrected chi connectivity index (χ2v) is 4.86. The number of piperazine rings is 1. The highest BCUT2D eigenvalue weighted by Crippen LogP contribution is 2.07. The minimum Gasteiger partial charge on any atom is -0.370 e. The van der Waals surface area contributed by atoms with E-state index in [1.165, 1.54) is 5.56 Å². The van der Waals surface area contributed by atoms with Gasteiger partial charge in [0.1, 0.15) is 6.61 Å². The number of rotatable bonds is 6. The topological polar surface area (TPSA) is 71.7 Å². The molecule has 0 unspecified atom stereocenters. The Bertz CT molecular complexity index is 405. The van der Waals surface area contributed by atoms with Gasteiger partial charge < -0.3 is 15.4 Å². The van der Waals surface area contributed by atoms with Crippen molar-refractivity contribution in [2.24, 2.45) is 5.73 Å². The van der Waals surface area contributed by atoms with Crippen molar-refractivity contribution in [1.82, 2.24) is 14.8 Å². The lowest BCUT2D eigenvalue weighted by Gasteiger charge is -2.34. The molecule has 6 heteroatoms. The van der Waals surface area contributed by atoms with Gasteiger partial charge in [-0.2, -0.15) is 0 Å². The number of nitrogens with two attached hydrogens (primary N) is 1. The standard InChI is InChI=1S/C14H22N4O2/c15-3-9-20-12-14(19)18-7-5-17(6-8-18)11-13-2-1-4-16-10-13/h1-2,4,10H,3,5-9,11-12,15H2. The van der Waals surface area contributed by atoms with E-state index in [1.807, 2.05) is 17.2 Å². The smallest absolute Gasteiger partial charge is 0.248 e. The maximum atomic E-state index is 11.9. The van der Waals surface area contributed by atoms with Crippen molar-refractivity contribution in [2.75, 3.05) is 45.9 Å². The molecular weight excluding hydrogens is 256 g/mol. The van der Waals surface area contributed by atoms with Gasteiger partial charge in [0, 0.05) is 51.7 Å². The van der Waals surface area contributed by atoms with Crippen molar-refractivity contribution in [3.63, 3.8) is 0 Å². The van der Waals surface area contributed by atoms with E-state index in [1.54, 1.807) is 6.20 Å². The Labute approximate surface area is 119 Å². The first-order chi connectivity index (χ1) is 9.79. The van der Waals surface area contributed by atoms with Gasteiger partial charge in [0.05, 0.1) is 6.61 Å². The van der Waals surface area contributed by atoms with Crippen LogP contribution in [-0.4, -0.2) is 66.6 Å². The van der Waals surface area contributed by atoms with Crippen molar-refractivity contribution in [1.29, 1.82) is 0 Å². The molecule has 1 aromatic rings. The van der Waals surface area contributed by atoms with Gasteiger partial charge in [0.15, 0.2) is 0 Å². The van der Waals surface area contributed by atoms with E-state index in [9.17, 15) is 4.79 Å². The fraction of sp³-hybridized carbons (Fsp3) is 0.571. The van der Waals surface area contributed by atoms with Gasteiger partial charge in [-0.15, -0.1) is 0 Å². The molecule has 1 aromatic heterocycles. The van der Waals surface area contributed by atoms with E-state index in [4.69, 9.17) is 10.5 Å². The van der Waals surface area contributed by atoms with Gasteiger partial charge in [-0.25, -0.2) is 0 Å². The molecule has 20 heavy (non-hydrogen) atoms. The van der Waals surface area contributed by atoms with E-state index in [0.29, 0.717) is 13.2 Å². The van der Waals surface area contributed by atoms with Gasteiger partial charge in [0.25, 0.3) is 0 Å². The highest BCUT2D eigenvalue weighted by atomic mass is 16.5. The van der Waals surface area contributed by atoms with E-state index < -0.39 is 0 Å². The summed E-state index contributed by atoms with van der Waals surface area (Å²) >= 11 is 0. The number of nitrogens with zero attached hydrogens (tertiary/aromatic N) is 3. The molecule has 2 rings (SSSR count). The Morgan fingerprint density at radius 3 is 2.80 bits per heavy atom. The molecule has 0 saturated carbocycles. The SMILES string of the molecule is NCCOCC(=O)N1CCN(Cc2cccnc2)CC1. The van der Waals surface area contributed by atoms with E-state index >= 15 is 0 Å². The summed E-state index contributed by atoms with van der Waals surface area (Å²) in [5.74, 6) is 0.0551. The fourth-order valence-corrected chi connectivity index (χ4v) is 2.24. The number of ether oxygens (including phenoxy) is 1. The predicted molar refractivity (Wildman–Crippen MR) is 76.0 cm³/mol. The molecule has 1 amide bonds. The van der Waals surface area contributed by atoms with Crippen LogP contribution in [0.3, 0.4) is 0 Å². The van der Waals surface area contributed by atoms with Crippen LogP contribution in [-0.2, 0) is 16.1 Å². The largest absolute Gasteiger partial charge is 0.370 e. The molecule has 1 fully saturated rings. The molecule has 0 atom stereocenters. The van der Waals surface area contributed by atoms with E-state index in [0.717, 1.165) is 32.7 Å². The average Bonchev–Trinajstić information content (AvgIpc) is 2.49. The minimum absolute atomic E-state index is 0.0551. The zero-order valence-corrected chi connectivity index (χ0v) is 11.7. The lowest BCUT2D eigenvalue weighted by Crippen LogP contribution is -2.49. The molecule has 1 saturated heterocycles. The highest BCUT2D eigenvalue weighted by Gasteiger charge is 2.20. The molecule has 6 nitrogen and oxygen atoms in total. The van der Waals surface area contributed by atoms with Crippen molar-refractivity contribution < 1.29 is 9.53 Å². The van der Waals surface area contributed by atoms with Crippen molar-refractivity contribution >= 4 is 5.91 Å². The Kier molecular flexibility index (Phi) is 5.91. The third kappa shape index (κ3) is 4.56. The van der Waals surface area contributed by atoms with Crippen molar-refractivity contribution in [3.8, 4) is 0 Å². The Morgan fingerprint density at radius 2 is 2.15 bits per heavy atom. The van der Waals surface area contributed by atoms with Gasteiger partial charge in [-0.05, 0) is 11.6 Å². The quantitative estimate of drug-likeness (QED) is 0.724. The average molecular weight is 278 g/mol. The minimum atomic E-state index is 0.0551. The number of hydrogen-bond acceptors (Lipinski definition) is 5. The number of pyridine rings is 1. The third-order valence-corrected chi connectivity index (χ3v) is 3.34. The first kappa shape index (κ1) is 14.9. The molecule has 1 aliphatic rings. The van der Waals surface area contributed by atoms with Crippen LogP contribution in [0.25, 0.3) is 0 Å². The molecular formula is C14H22N4O2. The monoisotopic (exact) mass is 278 g/mol. The number of carbonyl (C=O) groups is 1. The number of amides is 1. The number of hydrogen-bond donors (Lipinski definition) is 1. The number of carbonyl (C=O) groups excluding carboxylic acids is 1. The van der Waals surface area contributed by atoms with Crippen LogP contribution in [0.2, 0.25) is 0 Å². The summed E-state index contributed by atoms with van der Waals surface area (Å²) < 4.78 is 5.18. The molecule has 0 spiro atoms. The zero-order valence-electron chi connectivity index (χ0n) is 11.7. The predicted octanol–water partition coefficient (Wildman–Crippen LogP) is -0.299. The van der Waals surface area contributed by atoms with Crippen LogP contribution in [0, 0.1) is 0 Å². The third-order valence-electron chi connectivity index (χ3n) is 3.34. The summed E-state index contributed by atoms with van der Waals surface area (Å²) in [4.78, 5) is 20.2. The molecule has 2 N–H and O–H groups in total. The maximum absolute atomic E-state index is 11.9. The lowest BCUT2D eigenvalue weighted by atomic mass is 10.2. The van der Waals surface area contributed by atoms with Crippen LogP contribution < -0.4 is 5.73 Å². The first-order valence-electron chi connectivity index (χ1n) is 6.96. The van der Waals surface area contributed by atoms with Crippen LogP contribution in [0.4, 0.5) is 0 Å². The van der Waals surface area contributed by atoms with Crippen molar-refractivity contribution in [2.45, 2.75) is 6.54 Å². The van der Waals surface area contributed by atoms with Crippen LogP contribution in [0.1, 0.15) is 5.56 Å². The maximum Gasteiger partial charge on any atom is 0.248 e. The van der Waals surface area contributed by atoms with Gasteiger partial charge in [-0.3, -0.25) is 14.7 Å². The number of aromatic nitrogens is 1. The van der Waals surface area contributed by atoms with Crippen molar-refractivity contribution in [3.05, 3.63) is 30.1 Å². The van der Waals surface area contributed by atoms with Crippen LogP contribution in [0.15, 0.2) is 24.5 Å². The molecule has 1 aliphatic heterocycles. The summed E-state index contributed by atoms with van der Waals surface area (Å²) in [5.41, 5.74) is 6.53. The highest BCUT2D eigenvalue weighted by molar-refractivity contribution is 5.77. The summed E-state index contributed by atoms with van der Waals surface area (Å²) in [6, 6.07) is 4.02. The second-order valence-electron chi connectivity index (χ2n) is 4.86. The van der Waals surface area contributed by atoms with E-state index in [-0.39, 0.29) is 12.5 Å². The first-order valence-corrected chi connectivity index (χ1v) is 6.96. The van der Waals surface area contributed by atoms with Crippen LogP contribution >= 0.6 is 0 Å². The molecule has 2 heterocycles. The second kappa shape index (κ2) is 7.94. The Balaban J connectivity index is 1.71. The molecule has 0 aliphatic carbocycles. The summed E-state index contributed by atoms with van der Waals surface area (Å²) in [7, 11) is 0. The normalized spacial score (nSPS) is 16.4. The van der Waals surface area contributed by atoms with Crippen LogP contribution in [0.5, 0.6) is 0 Å². The van der Waals surface area contributed by atoms with E-state index in [2.05, 4.69) is 16.0 Å². The summed E-state index contributed by atoms with van der Waals surface area (Å²) in [5, 5.41) is 0. The van der Waals surface area contributed by atoms with Gasteiger partial charge in [-0.1, -0.05) is 6.07 Å². The Morgan fingerprint density at radius 1 is 1.35 bits per heavy atom. The molecule has 110 valence electrons. The Hall–Kier alpha value is -1.50. The zero-order chi connectivity index (χ0) is 14.2. The molecule has 0 radical (unpaired) electrons. The lowest BCUT2D eigenvalue weighted by molar-refractivity contribution is -0.137. The van der Waals surface area contributed by atoms with Gasteiger partial charge >= 0.3 is 0 Å². The fourth-order valence-electron chi connectivity index (χ4n) is 2.24. The van der Waals surface area contributed by atoms with Gasteiger partial charge in [0.2, 0.25) is 5.91 Å². The summed E-state index contributed by atoms with van der Waals surface area (Å²) in [6.07, 6.45) is 3.67. The molecule has 0 bridgehead atoms. The molecule has 0 aromatic carbocycles. The summed E-state index contributed by atoms with van der Waals surface area (Å²) in [6.45, 7) is 5.20.